The first-order valence-corrected chi connectivity index (χ1v) is 8.33. The van der Waals surface area contributed by atoms with Gasteiger partial charge in [0.1, 0.15) is 0 Å². The van der Waals surface area contributed by atoms with Gasteiger partial charge in [-0.1, -0.05) is 60.0 Å². The van der Waals surface area contributed by atoms with E-state index in [4.69, 9.17) is 0 Å². The number of carbonyl (C=O) groups excluding carboxylic acids is 1. The molecule has 20 heavy (non-hydrogen) atoms. The van der Waals surface area contributed by atoms with Gasteiger partial charge in [0.2, 0.25) is 0 Å². The van der Waals surface area contributed by atoms with Gasteiger partial charge in [-0.25, -0.2) is 4.39 Å². The van der Waals surface area contributed by atoms with Gasteiger partial charge in [-0.2, -0.15) is 0 Å². The van der Waals surface area contributed by atoms with E-state index < -0.39 is 11.6 Å². The number of carbonyl (C=O) groups is 1. The maximum atomic E-state index is 12.5. The van der Waals surface area contributed by atoms with E-state index in [1.807, 2.05) is 0 Å². The third-order valence-corrected chi connectivity index (χ3v) is 4.35. The standard InChI is InChI=1S/C13H21FO.C5H12/c1-4-11-7-9(2)8-12(11)5-6-13(15)10(3)14;1-3-5-4-2/h9,11-12H,3-8H2,1-2H3;3-5H2,1-2H3. The summed E-state index contributed by atoms with van der Waals surface area (Å²) in [7, 11) is 0. The Morgan fingerprint density at radius 1 is 1.15 bits per heavy atom. The lowest BCUT2D eigenvalue weighted by atomic mass is 9.89. The molecule has 1 aliphatic carbocycles. The number of halogens is 1. The molecular formula is C18H33FO. The van der Waals surface area contributed by atoms with E-state index in [0.29, 0.717) is 12.3 Å². The molecule has 2 heteroatoms. The van der Waals surface area contributed by atoms with E-state index in [1.165, 1.54) is 38.5 Å². The fourth-order valence-corrected chi connectivity index (χ4v) is 3.17. The van der Waals surface area contributed by atoms with E-state index in [-0.39, 0.29) is 0 Å². The highest BCUT2D eigenvalue weighted by atomic mass is 19.1. The number of rotatable bonds is 7. The lowest BCUT2D eigenvalue weighted by Crippen LogP contribution is -2.09. The first-order chi connectivity index (χ1) is 9.46. The SMILES string of the molecule is C=C(F)C(=O)CCC1CC(C)CC1CC.CCCCC. The van der Waals surface area contributed by atoms with Crippen LogP contribution in [0.1, 0.15) is 79.1 Å². The summed E-state index contributed by atoms with van der Waals surface area (Å²) in [6, 6.07) is 0. The van der Waals surface area contributed by atoms with Crippen molar-refractivity contribution < 1.29 is 9.18 Å². The van der Waals surface area contributed by atoms with Gasteiger partial charge in [-0.05, 0) is 37.0 Å². The Morgan fingerprint density at radius 2 is 1.70 bits per heavy atom. The Bertz CT molecular complexity index is 283. The Labute approximate surface area is 125 Å². The summed E-state index contributed by atoms with van der Waals surface area (Å²) in [5.74, 6) is 0.927. The molecule has 0 aromatic carbocycles. The van der Waals surface area contributed by atoms with Gasteiger partial charge in [-0.15, -0.1) is 0 Å². The van der Waals surface area contributed by atoms with Gasteiger partial charge in [0.15, 0.2) is 11.6 Å². The Hall–Kier alpha value is -0.660. The molecule has 1 rings (SSSR count). The van der Waals surface area contributed by atoms with Crippen LogP contribution in [0.4, 0.5) is 4.39 Å². The molecule has 0 bridgehead atoms. The Morgan fingerprint density at radius 3 is 2.10 bits per heavy atom. The van der Waals surface area contributed by atoms with E-state index in [9.17, 15) is 9.18 Å². The molecule has 0 saturated heterocycles. The maximum Gasteiger partial charge on any atom is 0.190 e. The van der Waals surface area contributed by atoms with Crippen LogP contribution in [-0.4, -0.2) is 5.78 Å². The number of hydrogen-bond donors (Lipinski definition) is 0. The van der Waals surface area contributed by atoms with Gasteiger partial charge >= 0.3 is 0 Å². The highest BCUT2D eigenvalue weighted by molar-refractivity contribution is 5.92. The third kappa shape index (κ3) is 7.81. The fourth-order valence-electron chi connectivity index (χ4n) is 3.17. The molecule has 0 radical (unpaired) electrons. The van der Waals surface area contributed by atoms with Crippen molar-refractivity contribution in [1.29, 1.82) is 0 Å². The highest BCUT2D eigenvalue weighted by Crippen LogP contribution is 2.40. The zero-order chi connectivity index (χ0) is 15.5. The molecule has 0 heterocycles. The van der Waals surface area contributed by atoms with Crippen LogP contribution >= 0.6 is 0 Å². The monoisotopic (exact) mass is 284 g/mol. The van der Waals surface area contributed by atoms with Crippen molar-refractivity contribution in [2.45, 2.75) is 79.1 Å². The molecule has 3 atom stereocenters. The van der Waals surface area contributed by atoms with Crippen LogP contribution in [0.3, 0.4) is 0 Å². The average Bonchev–Trinajstić information content (AvgIpc) is 2.77. The molecule has 1 saturated carbocycles. The Kier molecular flexibility index (Phi) is 10.7. The van der Waals surface area contributed by atoms with Crippen molar-refractivity contribution in [2.75, 3.05) is 0 Å². The van der Waals surface area contributed by atoms with E-state index >= 15 is 0 Å². The molecule has 0 aromatic heterocycles. The quantitative estimate of drug-likeness (QED) is 0.517. The predicted octanol–water partition coefficient (Wildman–Crippen LogP) is 6.09. The number of hydrogen-bond acceptors (Lipinski definition) is 1. The van der Waals surface area contributed by atoms with Crippen LogP contribution in [0.25, 0.3) is 0 Å². The van der Waals surface area contributed by atoms with Crippen LogP contribution in [0, 0.1) is 17.8 Å². The smallest absolute Gasteiger partial charge is 0.190 e. The molecule has 1 nitrogen and oxygen atoms in total. The minimum Gasteiger partial charge on any atom is -0.292 e. The molecule has 1 fully saturated rings. The van der Waals surface area contributed by atoms with Crippen molar-refractivity contribution in [2.24, 2.45) is 17.8 Å². The van der Waals surface area contributed by atoms with Gasteiger partial charge in [-0.3, -0.25) is 4.79 Å². The zero-order valence-corrected chi connectivity index (χ0v) is 13.9. The number of ketones is 1. The van der Waals surface area contributed by atoms with Crippen molar-refractivity contribution in [1.82, 2.24) is 0 Å². The highest BCUT2D eigenvalue weighted by Gasteiger charge is 2.30. The van der Waals surface area contributed by atoms with E-state index in [2.05, 4.69) is 34.3 Å². The summed E-state index contributed by atoms with van der Waals surface area (Å²) in [5, 5.41) is 0. The molecular weight excluding hydrogens is 251 g/mol. The second kappa shape index (κ2) is 11.0. The molecule has 0 spiro atoms. The van der Waals surface area contributed by atoms with Gasteiger partial charge in [0, 0.05) is 6.42 Å². The topological polar surface area (TPSA) is 17.1 Å². The van der Waals surface area contributed by atoms with Crippen LogP contribution in [0.2, 0.25) is 0 Å². The molecule has 0 aromatic rings. The van der Waals surface area contributed by atoms with Crippen LogP contribution in [-0.2, 0) is 4.79 Å². The third-order valence-electron chi connectivity index (χ3n) is 4.35. The van der Waals surface area contributed by atoms with Crippen molar-refractivity contribution in [3.63, 3.8) is 0 Å². The molecule has 1 aliphatic rings. The normalized spacial score (nSPS) is 24.9. The van der Waals surface area contributed by atoms with Crippen LogP contribution < -0.4 is 0 Å². The molecule has 3 unspecified atom stereocenters. The first kappa shape index (κ1) is 19.3. The van der Waals surface area contributed by atoms with E-state index in [1.54, 1.807) is 0 Å². The lowest BCUT2D eigenvalue weighted by Gasteiger charge is -2.16. The Balaban J connectivity index is 0.000000621. The second-order valence-electron chi connectivity index (χ2n) is 6.23. The summed E-state index contributed by atoms with van der Waals surface area (Å²) in [5.41, 5.74) is 0. The van der Waals surface area contributed by atoms with Crippen molar-refractivity contribution in [3.05, 3.63) is 12.4 Å². The van der Waals surface area contributed by atoms with Crippen molar-refractivity contribution in [3.8, 4) is 0 Å². The molecule has 0 amide bonds. The minimum atomic E-state index is -0.783. The fraction of sp³-hybridized carbons (Fsp3) is 0.833. The molecule has 0 N–H and O–H groups in total. The summed E-state index contributed by atoms with van der Waals surface area (Å²) in [6.07, 6.45) is 8.90. The summed E-state index contributed by atoms with van der Waals surface area (Å²) in [6.45, 7) is 11.9. The zero-order valence-electron chi connectivity index (χ0n) is 13.9. The van der Waals surface area contributed by atoms with Gasteiger partial charge < -0.3 is 0 Å². The summed E-state index contributed by atoms with van der Waals surface area (Å²) in [4.78, 5) is 11.1. The lowest BCUT2D eigenvalue weighted by molar-refractivity contribution is -0.117. The predicted molar refractivity (Wildman–Crippen MR) is 85.4 cm³/mol. The number of allylic oxidation sites excluding steroid dienone is 1. The van der Waals surface area contributed by atoms with E-state index in [0.717, 1.165) is 18.3 Å². The largest absolute Gasteiger partial charge is 0.292 e. The van der Waals surface area contributed by atoms with Gasteiger partial charge in [0.05, 0.1) is 0 Å². The van der Waals surface area contributed by atoms with Crippen molar-refractivity contribution >= 4 is 5.78 Å². The van der Waals surface area contributed by atoms with Crippen LogP contribution in [0.5, 0.6) is 0 Å². The number of unbranched alkanes of at least 4 members (excludes halogenated alkanes) is 2. The van der Waals surface area contributed by atoms with Gasteiger partial charge in [0.25, 0.3) is 0 Å². The summed E-state index contributed by atoms with van der Waals surface area (Å²) >= 11 is 0. The minimum absolute atomic E-state index is 0.337. The number of Topliss-reactive ketones (excluding diaryl/α,β-unsaturated/α-hetero) is 1. The maximum absolute atomic E-state index is 12.5. The first-order valence-electron chi connectivity index (χ1n) is 8.33. The molecule has 118 valence electrons. The average molecular weight is 284 g/mol. The van der Waals surface area contributed by atoms with Crippen LogP contribution in [0.15, 0.2) is 12.4 Å². The summed E-state index contributed by atoms with van der Waals surface area (Å²) < 4.78 is 12.5. The molecule has 0 aliphatic heterocycles. The second-order valence-corrected chi connectivity index (χ2v) is 6.23.